The van der Waals surface area contributed by atoms with Gasteiger partial charge in [0.2, 0.25) is 0 Å². The van der Waals surface area contributed by atoms with Crippen molar-refractivity contribution in [3.05, 3.63) is 88.7 Å². The van der Waals surface area contributed by atoms with E-state index >= 15 is 0 Å². The van der Waals surface area contributed by atoms with Crippen molar-refractivity contribution < 1.29 is 13.6 Å². The lowest BCUT2D eigenvalue weighted by atomic mass is 9.92. The Hall–Kier alpha value is -4.24. The van der Waals surface area contributed by atoms with Gasteiger partial charge in [-0.15, -0.1) is 0 Å². The fraction of sp³-hybridized carbons (Fsp3) is 0.185. The molecule has 0 spiro atoms. The highest BCUT2D eigenvalue weighted by Gasteiger charge is 2.28. The second kappa shape index (κ2) is 10.6. The maximum Gasteiger partial charge on any atom is 0.252 e. The number of benzene rings is 3. The number of aromatic amines is 1. The molecule has 2 heterocycles. The number of anilines is 2. The van der Waals surface area contributed by atoms with E-state index in [0.29, 0.717) is 47.0 Å². The number of fused-ring (bicyclic) bond motifs is 1. The molecule has 1 aliphatic rings. The molecule has 0 fully saturated rings. The van der Waals surface area contributed by atoms with E-state index in [9.17, 15) is 13.6 Å². The van der Waals surface area contributed by atoms with E-state index in [-0.39, 0.29) is 11.7 Å². The van der Waals surface area contributed by atoms with Crippen molar-refractivity contribution in [1.82, 2.24) is 20.6 Å². The number of aromatic nitrogens is 2. The summed E-state index contributed by atoms with van der Waals surface area (Å²) in [4.78, 5) is 20.5. The second-order valence-corrected chi connectivity index (χ2v) is 8.43. The third kappa shape index (κ3) is 5.21. The van der Waals surface area contributed by atoms with Gasteiger partial charge in [0, 0.05) is 41.3 Å². The first-order valence-electron chi connectivity index (χ1n) is 11.6. The number of rotatable bonds is 5. The van der Waals surface area contributed by atoms with Gasteiger partial charge < -0.3 is 27.1 Å². The van der Waals surface area contributed by atoms with Crippen molar-refractivity contribution in [2.24, 2.45) is 0 Å². The Bertz CT molecular complexity index is 1380. The maximum absolute atomic E-state index is 14.5. The molecular formula is C27H28F2N6O. The van der Waals surface area contributed by atoms with Crippen LogP contribution in [0.1, 0.15) is 34.2 Å². The van der Waals surface area contributed by atoms with Crippen LogP contribution in [0.2, 0.25) is 0 Å². The van der Waals surface area contributed by atoms with Gasteiger partial charge in [0.25, 0.3) is 5.91 Å². The molecule has 1 amide bonds. The Morgan fingerprint density at radius 1 is 0.972 bits per heavy atom. The number of nitrogen functional groups attached to an aromatic ring is 2. The molecule has 0 saturated carbocycles. The fourth-order valence-electron chi connectivity index (χ4n) is 4.05. The van der Waals surface area contributed by atoms with Gasteiger partial charge >= 0.3 is 0 Å². The van der Waals surface area contributed by atoms with Gasteiger partial charge in [0.1, 0.15) is 17.5 Å². The number of nitrogens with zero attached hydrogens (tertiary/aromatic N) is 1. The van der Waals surface area contributed by atoms with Gasteiger partial charge in [-0.2, -0.15) is 0 Å². The van der Waals surface area contributed by atoms with Gasteiger partial charge in [-0.3, -0.25) is 4.79 Å². The highest BCUT2D eigenvalue weighted by atomic mass is 19.1. The molecule has 7 N–H and O–H groups in total. The smallest absolute Gasteiger partial charge is 0.252 e. The molecule has 9 heteroatoms. The van der Waals surface area contributed by atoms with E-state index in [1.807, 2.05) is 26.0 Å². The summed E-state index contributed by atoms with van der Waals surface area (Å²) in [5, 5.41) is 6.11. The molecule has 0 saturated heterocycles. The van der Waals surface area contributed by atoms with Crippen LogP contribution in [-0.2, 0) is 13.1 Å². The van der Waals surface area contributed by atoms with Crippen molar-refractivity contribution in [3.63, 3.8) is 0 Å². The van der Waals surface area contributed by atoms with Gasteiger partial charge in [-0.1, -0.05) is 13.0 Å². The van der Waals surface area contributed by atoms with Crippen molar-refractivity contribution in [1.29, 1.82) is 0 Å². The van der Waals surface area contributed by atoms with Crippen LogP contribution in [0, 0.1) is 18.6 Å². The predicted molar refractivity (Wildman–Crippen MR) is 138 cm³/mol. The highest BCUT2D eigenvalue weighted by Crippen LogP contribution is 2.36. The summed E-state index contributed by atoms with van der Waals surface area (Å²) in [6.45, 7) is 5.85. The van der Waals surface area contributed by atoms with E-state index in [4.69, 9.17) is 11.5 Å². The number of halogens is 2. The highest BCUT2D eigenvalue weighted by molar-refractivity contribution is 6.06. The van der Waals surface area contributed by atoms with E-state index in [1.54, 1.807) is 12.1 Å². The summed E-state index contributed by atoms with van der Waals surface area (Å²) >= 11 is 0. The maximum atomic E-state index is 14.5. The van der Waals surface area contributed by atoms with Gasteiger partial charge in [-0.05, 0) is 73.1 Å². The fourth-order valence-corrected chi connectivity index (χ4v) is 4.05. The normalized spacial score (nSPS) is 12.1. The van der Waals surface area contributed by atoms with Crippen LogP contribution in [0.15, 0.2) is 54.6 Å². The number of amides is 1. The molecule has 0 radical (unpaired) electrons. The first kappa shape index (κ1) is 24.9. The number of hydrogen-bond acceptors (Lipinski definition) is 5. The molecule has 7 nitrogen and oxygen atoms in total. The van der Waals surface area contributed by atoms with Crippen LogP contribution in [0.3, 0.4) is 0 Å². The number of aryl methyl sites for hydroxylation is 1. The number of imidazole rings is 1. The molecule has 5 rings (SSSR count). The van der Waals surface area contributed by atoms with Gasteiger partial charge in [-0.25, -0.2) is 13.8 Å². The number of carbonyl (C=O) groups excluding carboxylic acids is 1. The zero-order valence-electron chi connectivity index (χ0n) is 20.1. The SMILES string of the molecule is CCNCc1nc(-c2ccc(-c3ccc(N)cc3F)c3c2C(=O)NC3)[nH]c1C.Nc1ccc(F)cc1. The average molecular weight is 491 g/mol. The van der Waals surface area contributed by atoms with Crippen LogP contribution in [-0.4, -0.2) is 22.4 Å². The molecule has 36 heavy (non-hydrogen) atoms. The topological polar surface area (TPSA) is 122 Å². The van der Waals surface area contributed by atoms with Crippen molar-refractivity contribution in [3.8, 4) is 22.5 Å². The predicted octanol–water partition coefficient (Wildman–Crippen LogP) is 4.53. The number of nitrogens with two attached hydrogens (primary N) is 2. The summed E-state index contributed by atoms with van der Waals surface area (Å²) in [6, 6.07) is 14.0. The summed E-state index contributed by atoms with van der Waals surface area (Å²) in [5.74, 6) is -0.191. The molecular weight excluding hydrogens is 462 g/mol. The van der Waals surface area contributed by atoms with E-state index < -0.39 is 5.82 Å². The summed E-state index contributed by atoms with van der Waals surface area (Å²) in [7, 11) is 0. The standard InChI is InChI=1S/C21H22FN5O.C6H6FN/c1-3-24-10-18-11(2)26-20(27-18)15-7-6-13(16-9-25-21(28)19(15)16)14-5-4-12(23)8-17(14)22;7-5-1-3-6(8)4-2-5/h4-8,24H,3,9-10,23H2,1-2H3,(H,25,28)(H,26,27);1-4H,8H2. The average Bonchev–Trinajstić information content (AvgIpc) is 3.42. The minimum atomic E-state index is -0.406. The van der Waals surface area contributed by atoms with Crippen molar-refractivity contribution in [2.45, 2.75) is 26.9 Å². The quantitative estimate of drug-likeness (QED) is 0.263. The third-order valence-corrected chi connectivity index (χ3v) is 5.90. The zero-order valence-corrected chi connectivity index (χ0v) is 20.1. The van der Waals surface area contributed by atoms with E-state index in [1.165, 1.54) is 30.3 Å². The van der Waals surface area contributed by atoms with Gasteiger partial charge in [0.15, 0.2) is 0 Å². The lowest BCUT2D eigenvalue weighted by Crippen LogP contribution is -2.13. The Balaban J connectivity index is 0.000000325. The number of hydrogen-bond donors (Lipinski definition) is 5. The number of carbonyl (C=O) groups is 1. The molecule has 0 bridgehead atoms. The monoisotopic (exact) mass is 490 g/mol. The molecule has 4 aromatic rings. The number of H-pyrrole nitrogens is 1. The first-order chi connectivity index (χ1) is 17.3. The van der Waals surface area contributed by atoms with Gasteiger partial charge in [0.05, 0.1) is 11.3 Å². The van der Waals surface area contributed by atoms with Crippen molar-refractivity contribution >= 4 is 17.3 Å². The summed E-state index contributed by atoms with van der Waals surface area (Å²) in [6.07, 6.45) is 0. The minimum Gasteiger partial charge on any atom is -0.399 e. The minimum absolute atomic E-state index is 0.176. The Kier molecular flexibility index (Phi) is 7.30. The molecule has 0 unspecified atom stereocenters. The van der Waals surface area contributed by atoms with Crippen LogP contribution in [0.5, 0.6) is 0 Å². The molecule has 0 atom stereocenters. The van der Waals surface area contributed by atoms with Crippen LogP contribution >= 0.6 is 0 Å². The lowest BCUT2D eigenvalue weighted by Gasteiger charge is -2.11. The van der Waals surface area contributed by atoms with Crippen LogP contribution in [0.4, 0.5) is 20.2 Å². The Morgan fingerprint density at radius 2 is 1.64 bits per heavy atom. The lowest BCUT2D eigenvalue weighted by molar-refractivity contribution is 0.0966. The zero-order chi connectivity index (χ0) is 25.8. The molecule has 186 valence electrons. The molecule has 1 aromatic heterocycles. The van der Waals surface area contributed by atoms with E-state index in [0.717, 1.165) is 29.1 Å². The first-order valence-corrected chi connectivity index (χ1v) is 11.6. The van der Waals surface area contributed by atoms with Crippen molar-refractivity contribution in [2.75, 3.05) is 18.0 Å². The largest absolute Gasteiger partial charge is 0.399 e. The second-order valence-electron chi connectivity index (χ2n) is 8.43. The summed E-state index contributed by atoms with van der Waals surface area (Å²) < 4.78 is 26.5. The Labute approximate surface area is 207 Å². The summed E-state index contributed by atoms with van der Waals surface area (Å²) in [5.41, 5.74) is 16.9. The van der Waals surface area contributed by atoms with Crippen LogP contribution in [0.25, 0.3) is 22.5 Å². The molecule has 3 aromatic carbocycles. The van der Waals surface area contributed by atoms with E-state index in [2.05, 4.69) is 20.6 Å². The molecule has 1 aliphatic heterocycles. The molecule has 0 aliphatic carbocycles. The third-order valence-electron chi connectivity index (χ3n) is 5.90. The Morgan fingerprint density at radius 3 is 2.31 bits per heavy atom. The number of nitrogens with one attached hydrogen (secondary N) is 3. The van der Waals surface area contributed by atoms with Crippen LogP contribution < -0.4 is 22.1 Å².